The first-order valence-corrected chi connectivity index (χ1v) is 14.5. The Hall–Kier alpha value is -4.35. The number of fused-ring (bicyclic) bond motifs is 1. The maximum Gasteiger partial charge on any atom is 0.265 e. The van der Waals surface area contributed by atoms with Crippen molar-refractivity contribution >= 4 is 16.7 Å². The second-order valence-corrected chi connectivity index (χ2v) is 10.6. The molecule has 0 saturated heterocycles. The van der Waals surface area contributed by atoms with Gasteiger partial charge in [0.2, 0.25) is 0 Å². The molecular formula is C37H42N2O3. The van der Waals surface area contributed by atoms with Gasteiger partial charge in [-0.3, -0.25) is 14.2 Å². The largest absolute Gasteiger partial charge is 0.385 e. The van der Waals surface area contributed by atoms with Crippen molar-refractivity contribution in [2.75, 3.05) is 13.7 Å². The number of benzene rings is 4. The maximum atomic E-state index is 12.9. The molecule has 218 valence electrons. The Bertz CT molecular complexity index is 1600. The predicted molar refractivity (Wildman–Crippen MR) is 175 cm³/mol. The summed E-state index contributed by atoms with van der Waals surface area (Å²) < 4.78 is 6.42. The highest BCUT2D eigenvalue weighted by atomic mass is 16.5. The van der Waals surface area contributed by atoms with E-state index in [1.54, 1.807) is 18.6 Å². The van der Waals surface area contributed by atoms with E-state index in [0.29, 0.717) is 11.8 Å². The van der Waals surface area contributed by atoms with E-state index in [9.17, 15) is 9.59 Å². The number of rotatable bonds is 7. The van der Waals surface area contributed by atoms with Crippen LogP contribution >= 0.6 is 0 Å². The van der Waals surface area contributed by atoms with E-state index in [1.807, 2.05) is 85.8 Å². The highest BCUT2D eigenvalue weighted by Crippen LogP contribution is 2.20. The van der Waals surface area contributed by atoms with Crippen LogP contribution in [0.2, 0.25) is 0 Å². The molecule has 0 N–H and O–H groups in total. The Morgan fingerprint density at radius 3 is 1.98 bits per heavy atom. The van der Waals surface area contributed by atoms with Crippen LogP contribution in [0.15, 0.2) is 108 Å². The Morgan fingerprint density at radius 2 is 1.43 bits per heavy atom. The van der Waals surface area contributed by atoms with E-state index in [0.717, 1.165) is 35.6 Å². The third-order valence-electron chi connectivity index (χ3n) is 6.53. The number of methoxy groups -OCH3 is 1. The molecule has 42 heavy (non-hydrogen) atoms. The molecule has 0 bridgehead atoms. The second kappa shape index (κ2) is 16.2. The molecule has 0 amide bonds. The fraction of sp³-hybridized carbons (Fsp3) is 0.270. The van der Waals surface area contributed by atoms with Crippen molar-refractivity contribution in [3.05, 3.63) is 130 Å². The van der Waals surface area contributed by atoms with E-state index in [4.69, 9.17) is 9.72 Å². The molecule has 0 aliphatic carbocycles. The molecule has 1 heterocycles. The number of aromatic nitrogens is 2. The van der Waals surface area contributed by atoms with Gasteiger partial charge in [0.1, 0.15) is 11.6 Å². The summed E-state index contributed by atoms with van der Waals surface area (Å²) in [7, 11) is 1.71. The molecule has 4 aromatic carbocycles. The van der Waals surface area contributed by atoms with Gasteiger partial charge < -0.3 is 4.74 Å². The minimum absolute atomic E-state index is 0.00634. The summed E-state index contributed by atoms with van der Waals surface area (Å²) in [5.41, 5.74) is 6.26. The number of Topliss-reactive ketones (excluding diaryl/α,β-unsaturated/α-hetero) is 1. The summed E-state index contributed by atoms with van der Waals surface area (Å²) in [6.07, 6.45) is 1.64. The van der Waals surface area contributed by atoms with Crippen molar-refractivity contribution in [1.82, 2.24) is 9.55 Å². The van der Waals surface area contributed by atoms with Gasteiger partial charge in [0.15, 0.2) is 0 Å². The van der Waals surface area contributed by atoms with Gasteiger partial charge in [0.25, 0.3) is 5.56 Å². The minimum atomic E-state index is -0.00634. The Labute approximate surface area is 249 Å². The van der Waals surface area contributed by atoms with Crippen LogP contribution in [-0.4, -0.2) is 29.1 Å². The molecule has 0 atom stereocenters. The number of hydrogen-bond donors (Lipinski definition) is 0. The Morgan fingerprint density at radius 1 is 0.833 bits per heavy atom. The van der Waals surface area contributed by atoms with Crippen LogP contribution in [0.3, 0.4) is 0 Å². The standard InChI is InChI=1S/C18H18N2O.C15H14O.C4H10O/c1-12(2)17-19-16-7-5-4-6-15(16)18(21)20(17)14-10-8-13(3)9-11-14;1-12(16)11-13-7-9-15(10-8-13)14-5-3-2-4-6-14;1-3-4-5-2/h4-12H,1-3H3;2-10H,11H2,1H3;3-4H2,1-2H3. The van der Waals surface area contributed by atoms with Gasteiger partial charge in [-0.05, 0) is 61.2 Å². The molecule has 0 unspecified atom stereocenters. The number of hydrogen-bond acceptors (Lipinski definition) is 4. The van der Waals surface area contributed by atoms with E-state index in [2.05, 4.69) is 45.0 Å². The van der Waals surface area contributed by atoms with Crippen molar-refractivity contribution < 1.29 is 9.53 Å². The zero-order valence-corrected chi connectivity index (χ0v) is 25.6. The van der Waals surface area contributed by atoms with Crippen molar-refractivity contribution in [1.29, 1.82) is 0 Å². The fourth-order valence-corrected chi connectivity index (χ4v) is 4.42. The zero-order valence-electron chi connectivity index (χ0n) is 25.6. The second-order valence-electron chi connectivity index (χ2n) is 10.6. The van der Waals surface area contributed by atoms with Crippen LogP contribution in [-0.2, 0) is 16.0 Å². The van der Waals surface area contributed by atoms with Crippen LogP contribution in [0.25, 0.3) is 27.7 Å². The number of aryl methyl sites for hydroxylation is 1. The molecule has 5 rings (SSSR count). The molecule has 0 fully saturated rings. The monoisotopic (exact) mass is 562 g/mol. The molecule has 0 aliphatic rings. The van der Waals surface area contributed by atoms with E-state index in [-0.39, 0.29) is 17.3 Å². The summed E-state index contributed by atoms with van der Waals surface area (Å²) >= 11 is 0. The normalized spacial score (nSPS) is 10.5. The first-order chi connectivity index (χ1) is 20.2. The van der Waals surface area contributed by atoms with Gasteiger partial charge in [-0.15, -0.1) is 0 Å². The third kappa shape index (κ3) is 9.08. The maximum absolute atomic E-state index is 12.9. The van der Waals surface area contributed by atoms with Crippen molar-refractivity contribution in [2.45, 2.75) is 53.4 Å². The molecule has 5 aromatic rings. The smallest absolute Gasteiger partial charge is 0.265 e. The lowest BCUT2D eigenvalue weighted by atomic mass is 10.0. The van der Waals surface area contributed by atoms with Crippen LogP contribution < -0.4 is 5.56 Å². The summed E-state index contributed by atoms with van der Waals surface area (Å²) in [5.74, 6) is 1.17. The van der Waals surface area contributed by atoms with Crippen molar-refractivity contribution in [3.63, 3.8) is 0 Å². The fourth-order valence-electron chi connectivity index (χ4n) is 4.42. The molecule has 1 aromatic heterocycles. The average Bonchev–Trinajstić information content (AvgIpc) is 2.99. The quantitative estimate of drug-likeness (QED) is 0.200. The lowest BCUT2D eigenvalue weighted by Gasteiger charge is -2.16. The van der Waals surface area contributed by atoms with Gasteiger partial charge in [-0.1, -0.05) is 105 Å². The highest BCUT2D eigenvalue weighted by molar-refractivity contribution is 5.79. The molecule has 0 spiro atoms. The minimum Gasteiger partial charge on any atom is -0.385 e. The van der Waals surface area contributed by atoms with Crippen LogP contribution in [0.4, 0.5) is 0 Å². The van der Waals surface area contributed by atoms with Crippen molar-refractivity contribution in [3.8, 4) is 16.8 Å². The summed E-state index contributed by atoms with van der Waals surface area (Å²) in [6, 6.07) is 33.9. The predicted octanol–water partition coefficient (Wildman–Crippen LogP) is 8.35. The van der Waals surface area contributed by atoms with Gasteiger partial charge in [0.05, 0.1) is 16.6 Å². The first kappa shape index (κ1) is 32.2. The average molecular weight is 563 g/mol. The molecule has 0 radical (unpaired) electrons. The zero-order chi connectivity index (χ0) is 30.5. The number of nitrogens with zero attached hydrogens (tertiary/aromatic N) is 2. The van der Waals surface area contributed by atoms with Gasteiger partial charge in [-0.25, -0.2) is 4.98 Å². The van der Waals surface area contributed by atoms with Gasteiger partial charge in [-0.2, -0.15) is 0 Å². The van der Waals surface area contributed by atoms with Crippen LogP contribution in [0.5, 0.6) is 0 Å². The number of carbonyl (C=O) groups is 1. The topological polar surface area (TPSA) is 61.2 Å². The van der Waals surface area contributed by atoms with Crippen molar-refractivity contribution in [2.24, 2.45) is 0 Å². The van der Waals surface area contributed by atoms with E-state index in [1.165, 1.54) is 16.7 Å². The molecule has 0 saturated carbocycles. The number of para-hydroxylation sites is 1. The summed E-state index contributed by atoms with van der Waals surface area (Å²) in [4.78, 5) is 28.5. The van der Waals surface area contributed by atoms with Crippen LogP contribution in [0.1, 0.15) is 57.0 Å². The highest BCUT2D eigenvalue weighted by Gasteiger charge is 2.14. The van der Waals surface area contributed by atoms with Gasteiger partial charge >= 0.3 is 0 Å². The molecule has 5 heteroatoms. The Balaban J connectivity index is 0.000000204. The number of ketones is 1. The summed E-state index contributed by atoms with van der Waals surface area (Å²) in [6.45, 7) is 10.7. The number of carbonyl (C=O) groups excluding carboxylic acids is 1. The number of ether oxygens (including phenoxy) is 1. The molecule has 0 aliphatic heterocycles. The van der Waals surface area contributed by atoms with E-state index >= 15 is 0 Å². The first-order valence-electron chi connectivity index (χ1n) is 14.5. The summed E-state index contributed by atoms with van der Waals surface area (Å²) in [5, 5.41) is 0.655. The molecule has 5 nitrogen and oxygen atoms in total. The lowest BCUT2D eigenvalue weighted by molar-refractivity contribution is -0.116. The van der Waals surface area contributed by atoms with E-state index < -0.39 is 0 Å². The molecular weight excluding hydrogens is 520 g/mol. The third-order valence-corrected chi connectivity index (χ3v) is 6.53. The SMILES string of the molecule is CC(=O)Cc1ccc(-c2ccccc2)cc1.CCCOC.Cc1ccc(-n2c(C(C)C)nc3ccccc3c2=O)cc1. The van der Waals surface area contributed by atoms with Gasteiger partial charge in [0, 0.05) is 26.1 Å². The lowest BCUT2D eigenvalue weighted by Crippen LogP contribution is -2.24. The Kier molecular flexibility index (Phi) is 12.4. The van der Waals surface area contributed by atoms with Crippen LogP contribution in [0, 0.1) is 6.92 Å².